The maximum atomic E-state index is 4.36. The first kappa shape index (κ1) is 13.1. The summed E-state index contributed by atoms with van der Waals surface area (Å²) in [7, 11) is 0. The molecule has 0 amide bonds. The van der Waals surface area contributed by atoms with Crippen LogP contribution in [-0.4, -0.2) is 4.98 Å². The number of aromatic nitrogens is 1. The largest absolute Gasteiger partial charge is 0.337 e. The highest BCUT2D eigenvalue weighted by molar-refractivity contribution is 9.11. The van der Waals surface area contributed by atoms with Crippen molar-refractivity contribution < 1.29 is 0 Å². The van der Waals surface area contributed by atoms with E-state index in [0.717, 1.165) is 30.5 Å². The standard InChI is InChI=1S/C12H9Br3N2/c1-7-5-10(15)12(16-6-7)17-11-8(13)3-2-4-9(11)14/h2-6H,1H3,(H,16,17). The molecule has 2 rings (SSSR count). The number of hydrogen-bond donors (Lipinski definition) is 1. The third-order valence-corrected chi connectivity index (χ3v) is 4.11. The Morgan fingerprint density at radius 2 is 1.71 bits per heavy atom. The van der Waals surface area contributed by atoms with Crippen LogP contribution in [0.4, 0.5) is 11.5 Å². The summed E-state index contributed by atoms with van der Waals surface area (Å²) >= 11 is 10.5. The summed E-state index contributed by atoms with van der Waals surface area (Å²) in [5.41, 5.74) is 2.08. The molecule has 0 radical (unpaired) electrons. The van der Waals surface area contributed by atoms with Gasteiger partial charge in [-0.2, -0.15) is 0 Å². The van der Waals surface area contributed by atoms with Gasteiger partial charge in [-0.25, -0.2) is 4.98 Å². The van der Waals surface area contributed by atoms with Crippen LogP contribution in [0.15, 0.2) is 43.9 Å². The SMILES string of the molecule is Cc1cnc(Nc2c(Br)cccc2Br)c(Br)c1. The minimum atomic E-state index is 0.795. The Balaban J connectivity index is 2.38. The van der Waals surface area contributed by atoms with Crippen LogP contribution in [0.5, 0.6) is 0 Å². The number of nitrogens with zero attached hydrogens (tertiary/aromatic N) is 1. The van der Waals surface area contributed by atoms with E-state index in [1.165, 1.54) is 0 Å². The highest BCUT2D eigenvalue weighted by Crippen LogP contribution is 2.34. The molecule has 0 aliphatic rings. The van der Waals surface area contributed by atoms with E-state index >= 15 is 0 Å². The van der Waals surface area contributed by atoms with E-state index in [1.807, 2.05) is 37.4 Å². The molecule has 0 bridgehead atoms. The molecule has 88 valence electrons. The Kier molecular flexibility index (Phi) is 4.22. The molecule has 0 aliphatic carbocycles. The molecule has 2 nitrogen and oxygen atoms in total. The average Bonchev–Trinajstić information content (AvgIpc) is 2.26. The fourth-order valence-electron chi connectivity index (χ4n) is 1.36. The van der Waals surface area contributed by atoms with Crippen molar-refractivity contribution in [2.24, 2.45) is 0 Å². The molecule has 0 aliphatic heterocycles. The van der Waals surface area contributed by atoms with Gasteiger partial charge in [-0.1, -0.05) is 6.07 Å². The predicted octanol–water partition coefficient (Wildman–Crippen LogP) is 5.42. The third-order valence-electron chi connectivity index (χ3n) is 2.18. The van der Waals surface area contributed by atoms with Gasteiger partial charge in [0.05, 0.1) is 10.2 Å². The number of nitrogens with one attached hydrogen (secondary N) is 1. The highest BCUT2D eigenvalue weighted by atomic mass is 79.9. The maximum absolute atomic E-state index is 4.36. The van der Waals surface area contributed by atoms with Gasteiger partial charge in [0.1, 0.15) is 5.82 Å². The number of para-hydroxylation sites is 1. The molecule has 1 aromatic heterocycles. The van der Waals surface area contributed by atoms with Crippen LogP contribution in [0.3, 0.4) is 0 Å². The van der Waals surface area contributed by atoms with Crippen molar-refractivity contribution in [3.8, 4) is 0 Å². The molecule has 17 heavy (non-hydrogen) atoms. The first-order valence-corrected chi connectivity index (χ1v) is 7.29. The van der Waals surface area contributed by atoms with Crippen molar-refractivity contribution in [2.75, 3.05) is 5.32 Å². The van der Waals surface area contributed by atoms with Gasteiger partial charge in [-0.3, -0.25) is 0 Å². The zero-order chi connectivity index (χ0) is 12.4. The van der Waals surface area contributed by atoms with Crippen LogP contribution in [-0.2, 0) is 0 Å². The van der Waals surface area contributed by atoms with Crippen molar-refractivity contribution in [3.63, 3.8) is 0 Å². The van der Waals surface area contributed by atoms with Gasteiger partial charge in [-0.05, 0) is 78.5 Å². The lowest BCUT2D eigenvalue weighted by Crippen LogP contribution is -1.96. The van der Waals surface area contributed by atoms with Gasteiger partial charge in [0.15, 0.2) is 0 Å². The van der Waals surface area contributed by atoms with Gasteiger partial charge in [-0.15, -0.1) is 0 Å². The van der Waals surface area contributed by atoms with Crippen LogP contribution in [0.1, 0.15) is 5.56 Å². The van der Waals surface area contributed by atoms with Crippen LogP contribution in [0, 0.1) is 6.92 Å². The third kappa shape index (κ3) is 3.09. The minimum absolute atomic E-state index is 0.795. The molecule has 1 heterocycles. The van der Waals surface area contributed by atoms with Crippen molar-refractivity contribution in [1.82, 2.24) is 4.98 Å². The van der Waals surface area contributed by atoms with E-state index in [1.54, 1.807) is 0 Å². The summed E-state index contributed by atoms with van der Waals surface area (Å²) < 4.78 is 2.92. The molecule has 0 saturated heterocycles. The predicted molar refractivity (Wildman–Crippen MR) is 81.8 cm³/mol. The molecule has 0 atom stereocenters. The average molecular weight is 421 g/mol. The van der Waals surface area contributed by atoms with Crippen molar-refractivity contribution in [3.05, 3.63) is 49.4 Å². The Bertz CT molecular complexity index is 535. The second kappa shape index (κ2) is 5.50. The van der Waals surface area contributed by atoms with Crippen molar-refractivity contribution >= 4 is 59.3 Å². The zero-order valence-corrected chi connectivity index (χ0v) is 13.7. The van der Waals surface area contributed by atoms with E-state index in [9.17, 15) is 0 Å². The number of pyridine rings is 1. The van der Waals surface area contributed by atoms with Gasteiger partial charge < -0.3 is 5.32 Å². The first-order valence-electron chi connectivity index (χ1n) is 4.91. The minimum Gasteiger partial charge on any atom is -0.337 e. The van der Waals surface area contributed by atoms with E-state index in [0.29, 0.717) is 0 Å². The Hall–Kier alpha value is -0.390. The molecule has 1 N–H and O–H groups in total. The lowest BCUT2D eigenvalue weighted by atomic mass is 10.3. The van der Waals surface area contributed by atoms with Crippen molar-refractivity contribution in [1.29, 1.82) is 0 Å². The molecule has 2 aromatic rings. The number of rotatable bonds is 2. The summed E-state index contributed by atoms with van der Waals surface area (Å²) in [5, 5.41) is 3.28. The summed E-state index contributed by atoms with van der Waals surface area (Å²) in [6.45, 7) is 2.01. The van der Waals surface area contributed by atoms with Crippen LogP contribution in [0.2, 0.25) is 0 Å². The number of benzene rings is 1. The van der Waals surface area contributed by atoms with E-state index in [-0.39, 0.29) is 0 Å². The Morgan fingerprint density at radius 3 is 2.29 bits per heavy atom. The van der Waals surface area contributed by atoms with Gasteiger partial charge in [0.2, 0.25) is 0 Å². The Labute approximate surface area is 125 Å². The lowest BCUT2D eigenvalue weighted by Gasteiger charge is -2.11. The maximum Gasteiger partial charge on any atom is 0.144 e. The molecular weight excluding hydrogens is 412 g/mol. The lowest BCUT2D eigenvalue weighted by molar-refractivity contribution is 1.24. The van der Waals surface area contributed by atoms with Gasteiger partial charge >= 0.3 is 0 Å². The fraction of sp³-hybridized carbons (Fsp3) is 0.0833. The smallest absolute Gasteiger partial charge is 0.144 e. The highest BCUT2D eigenvalue weighted by Gasteiger charge is 2.08. The summed E-state index contributed by atoms with van der Waals surface area (Å²) in [5.74, 6) is 0.795. The number of hydrogen-bond acceptors (Lipinski definition) is 2. The number of halogens is 3. The van der Waals surface area contributed by atoms with Gasteiger partial charge in [0.25, 0.3) is 0 Å². The van der Waals surface area contributed by atoms with E-state index in [2.05, 4.69) is 58.1 Å². The van der Waals surface area contributed by atoms with Crippen LogP contribution < -0.4 is 5.32 Å². The molecule has 1 aromatic carbocycles. The van der Waals surface area contributed by atoms with Gasteiger partial charge in [0, 0.05) is 15.1 Å². The molecule has 0 spiro atoms. The second-order valence-corrected chi connectivity index (χ2v) is 6.13. The van der Waals surface area contributed by atoms with E-state index in [4.69, 9.17) is 0 Å². The zero-order valence-electron chi connectivity index (χ0n) is 8.97. The number of aryl methyl sites for hydroxylation is 1. The van der Waals surface area contributed by atoms with Crippen LogP contribution in [0.25, 0.3) is 0 Å². The quantitative estimate of drug-likeness (QED) is 0.701. The summed E-state index contributed by atoms with van der Waals surface area (Å²) in [4.78, 5) is 4.36. The Morgan fingerprint density at radius 1 is 1.06 bits per heavy atom. The molecular formula is C12H9Br3N2. The van der Waals surface area contributed by atoms with Crippen molar-refractivity contribution in [2.45, 2.75) is 6.92 Å². The van der Waals surface area contributed by atoms with Crippen LogP contribution >= 0.6 is 47.8 Å². The number of anilines is 2. The summed E-state index contributed by atoms with van der Waals surface area (Å²) in [6.07, 6.45) is 1.83. The summed E-state index contributed by atoms with van der Waals surface area (Å²) in [6, 6.07) is 7.96. The molecule has 0 saturated carbocycles. The fourth-order valence-corrected chi connectivity index (χ4v) is 3.12. The first-order chi connectivity index (χ1) is 8.08. The normalized spacial score (nSPS) is 10.4. The van der Waals surface area contributed by atoms with E-state index < -0.39 is 0 Å². The second-order valence-electron chi connectivity index (χ2n) is 3.56. The molecule has 0 fully saturated rings. The monoisotopic (exact) mass is 418 g/mol. The molecule has 0 unspecified atom stereocenters. The molecule has 5 heteroatoms. The topological polar surface area (TPSA) is 24.9 Å².